The zero-order valence-corrected chi connectivity index (χ0v) is 13.9. The Morgan fingerprint density at radius 3 is 2.62 bits per heavy atom. The number of aromatic nitrogens is 1. The van der Waals surface area contributed by atoms with Gasteiger partial charge in [0.05, 0.1) is 18.0 Å². The average Bonchev–Trinajstić information content (AvgIpc) is 3.14. The van der Waals surface area contributed by atoms with Gasteiger partial charge in [-0.25, -0.2) is 4.98 Å². The van der Waals surface area contributed by atoms with E-state index in [0.717, 1.165) is 37.2 Å². The van der Waals surface area contributed by atoms with Crippen LogP contribution in [0.1, 0.15) is 35.8 Å². The molecule has 2 heterocycles. The maximum Gasteiger partial charge on any atom is 0.269 e. The van der Waals surface area contributed by atoms with Gasteiger partial charge in [-0.3, -0.25) is 4.79 Å². The van der Waals surface area contributed by atoms with Gasteiger partial charge in [-0.05, 0) is 49.1 Å². The summed E-state index contributed by atoms with van der Waals surface area (Å²) in [6.07, 6.45) is 4.92. The predicted molar refractivity (Wildman–Crippen MR) is 94.6 cm³/mol. The number of hydrogen-bond acceptors (Lipinski definition) is 4. The number of carbonyl (C=O) groups is 1. The van der Waals surface area contributed by atoms with Crippen molar-refractivity contribution in [3.63, 3.8) is 0 Å². The minimum Gasteiger partial charge on any atom is -0.376 e. The maximum absolute atomic E-state index is 12.1. The van der Waals surface area contributed by atoms with E-state index in [1.807, 2.05) is 18.2 Å². The van der Waals surface area contributed by atoms with Gasteiger partial charge in [-0.15, -0.1) is 0 Å². The van der Waals surface area contributed by atoms with Crippen LogP contribution in [0.4, 0.5) is 11.4 Å². The Bertz CT molecular complexity index is 662. The maximum atomic E-state index is 12.1. The van der Waals surface area contributed by atoms with Gasteiger partial charge in [0.2, 0.25) is 0 Å². The first kappa shape index (κ1) is 16.5. The van der Waals surface area contributed by atoms with E-state index in [2.05, 4.69) is 34.7 Å². The lowest BCUT2D eigenvalue weighted by atomic mass is 10.1. The molecular weight excluding hydrogens is 302 g/mol. The fourth-order valence-corrected chi connectivity index (χ4v) is 2.69. The highest BCUT2D eigenvalue weighted by molar-refractivity contribution is 5.92. The van der Waals surface area contributed by atoms with Crippen molar-refractivity contribution >= 4 is 17.3 Å². The standard InChI is InChI=1S/C19H23N3O2/c1-2-14-5-7-15(8-6-14)22-16-9-10-18(20-12-16)19(23)21-13-17-4-3-11-24-17/h5-10,12,17,22H,2-4,11,13H2,1H3,(H,21,23). The fraction of sp³-hybridized carbons (Fsp3) is 0.368. The van der Waals surface area contributed by atoms with Gasteiger partial charge < -0.3 is 15.4 Å². The van der Waals surface area contributed by atoms with Gasteiger partial charge in [0.1, 0.15) is 5.69 Å². The van der Waals surface area contributed by atoms with Crippen molar-refractivity contribution in [3.8, 4) is 0 Å². The zero-order chi connectivity index (χ0) is 16.8. The second-order valence-electron chi connectivity index (χ2n) is 5.95. The van der Waals surface area contributed by atoms with Crippen LogP contribution in [0.2, 0.25) is 0 Å². The van der Waals surface area contributed by atoms with Crippen molar-refractivity contribution in [2.75, 3.05) is 18.5 Å². The van der Waals surface area contributed by atoms with Crippen molar-refractivity contribution in [2.45, 2.75) is 32.3 Å². The van der Waals surface area contributed by atoms with Crippen molar-refractivity contribution in [1.29, 1.82) is 0 Å². The Morgan fingerprint density at radius 2 is 2.00 bits per heavy atom. The van der Waals surface area contributed by atoms with Gasteiger partial charge in [-0.2, -0.15) is 0 Å². The highest BCUT2D eigenvalue weighted by Gasteiger charge is 2.17. The van der Waals surface area contributed by atoms with Crippen LogP contribution in [0.5, 0.6) is 0 Å². The first-order valence-corrected chi connectivity index (χ1v) is 8.46. The second-order valence-corrected chi connectivity index (χ2v) is 5.95. The number of amides is 1. The summed E-state index contributed by atoms with van der Waals surface area (Å²) < 4.78 is 5.50. The molecule has 0 aliphatic carbocycles. The molecule has 1 aliphatic heterocycles. The average molecular weight is 325 g/mol. The lowest BCUT2D eigenvalue weighted by molar-refractivity contribution is 0.0854. The van der Waals surface area contributed by atoms with Crippen LogP contribution in [0.15, 0.2) is 42.6 Å². The quantitative estimate of drug-likeness (QED) is 0.855. The highest BCUT2D eigenvalue weighted by atomic mass is 16.5. The Balaban J connectivity index is 1.54. The number of nitrogens with zero attached hydrogens (tertiary/aromatic N) is 1. The van der Waals surface area contributed by atoms with Crippen LogP contribution < -0.4 is 10.6 Å². The second kappa shape index (κ2) is 7.93. The minimum absolute atomic E-state index is 0.140. The topological polar surface area (TPSA) is 63.2 Å². The third-order valence-corrected chi connectivity index (χ3v) is 4.16. The van der Waals surface area contributed by atoms with E-state index >= 15 is 0 Å². The number of pyridine rings is 1. The summed E-state index contributed by atoms with van der Waals surface area (Å²) in [4.78, 5) is 16.3. The molecule has 1 saturated heterocycles. The molecule has 0 bridgehead atoms. The summed E-state index contributed by atoms with van der Waals surface area (Å²) in [6.45, 7) is 3.47. The van der Waals surface area contributed by atoms with Gasteiger partial charge >= 0.3 is 0 Å². The number of rotatable bonds is 6. The van der Waals surface area contributed by atoms with E-state index in [0.29, 0.717) is 12.2 Å². The molecule has 1 unspecified atom stereocenters. The van der Waals surface area contributed by atoms with Gasteiger partial charge in [0.25, 0.3) is 5.91 Å². The molecule has 2 aromatic rings. The lowest BCUT2D eigenvalue weighted by Crippen LogP contribution is -2.32. The van der Waals surface area contributed by atoms with Gasteiger partial charge in [-0.1, -0.05) is 19.1 Å². The van der Waals surface area contributed by atoms with Crippen molar-refractivity contribution in [2.24, 2.45) is 0 Å². The predicted octanol–water partition coefficient (Wildman–Crippen LogP) is 3.30. The first-order valence-electron chi connectivity index (χ1n) is 8.46. The minimum atomic E-state index is -0.163. The number of hydrogen-bond donors (Lipinski definition) is 2. The molecule has 1 amide bonds. The molecule has 1 aromatic carbocycles. The number of nitrogens with one attached hydrogen (secondary N) is 2. The van der Waals surface area contributed by atoms with Crippen molar-refractivity contribution in [3.05, 3.63) is 53.9 Å². The molecule has 5 nitrogen and oxygen atoms in total. The summed E-state index contributed by atoms with van der Waals surface area (Å²) >= 11 is 0. The third kappa shape index (κ3) is 4.32. The summed E-state index contributed by atoms with van der Waals surface area (Å²) in [5.41, 5.74) is 3.58. The summed E-state index contributed by atoms with van der Waals surface area (Å²) in [6, 6.07) is 11.9. The van der Waals surface area contributed by atoms with Crippen LogP contribution in [0, 0.1) is 0 Å². The Hall–Kier alpha value is -2.40. The number of carbonyl (C=O) groups excluding carboxylic acids is 1. The number of ether oxygens (including phenoxy) is 1. The number of aryl methyl sites for hydroxylation is 1. The summed E-state index contributed by atoms with van der Waals surface area (Å²) in [5, 5.41) is 6.16. The van der Waals surface area contributed by atoms with Crippen molar-refractivity contribution < 1.29 is 9.53 Å². The van der Waals surface area contributed by atoms with Gasteiger partial charge in [0, 0.05) is 18.8 Å². The third-order valence-electron chi connectivity index (χ3n) is 4.16. The summed E-state index contributed by atoms with van der Waals surface area (Å²) in [7, 11) is 0. The largest absolute Gasteiger partial charge is 0.376 e. The molecule has 0 radical (unpaired) electrons. The van der Waals surface area contributed by atoms with E-state index in [4.69, 9.17) is 4.74 Å². The molecule has 5 heteroatoms. The molecule has 2 N–H and O–H groups in total. The molecule has 1 aliphatic rings. The molecule has 24 heavy (non-hydrogen) atoms. The molecule has 1 fully saturated rings. The van der Waals surface area contributed by atoms with E-state index in [1.165, 1.54) is 5.56 Å². The lowest BCUT2D eigenvalue weighted by Gasteiger charge is -2.11. The van der Waals surface area contributed by atoms with Crippen LogP contribution in [-0.2, 0) is 11.2 Å². The zero-order valence-electron chi connectivity index (χ0n) is 13.9. The van der Waals surface area contributed by atoms with Crippen LogP contribution in [0.25, 0.3) is 0 Å². The van der Waals surface area contributed by atoms with E-state index in [1.54, 1.807) is 12.3 Å². The SMILES string of the molecule is CCc1ccc(Nc2ccc(C(=O)NCC3CCCO3)nc2)cc1. The monoisotopic (exact) mass is 325 g/mol. The normalized spacial score (nSPS) is 16.8. The molecule has 3 rings (SSSR count). The summed E-state index contributed by atoms with van der Waals surface area (Å²) in [5.74, 6) is -0.163. The van der Waals surface area contributed by atoms with Crippen LogP contribution in [-0.4, -0.2) is 30.1 Å². The Labute approximate surface area is 142 Å². The Morgan fingerprint density at radius 1 is 1.21 bits per heavy atom. The first-order chi connectivity index (χ1) is 11.7. The molecule has 1 aromatic heterocycles. The number of anilines is 2. The molecule has 126 valence electrons. The van der Waals surface area contributed by atoms with E-state index in [9.17, 15) is 4.79 Å². The van der Waals surface area contributed by atoms with E-state index < -0.39 is 0 Å². The smallest absolute Gasteiger partial charge is 0.269 e. The highest BCUT2D eigenvalue weighted by Crippen LogP contribution is 2.17. The molecule has 0 saturated carbocycles. The fourth-order valence-electron chi connectivity index (χ4n) is 2.69. The Kier molecular flexibility index (Phi) is 5.43. The van der Waals surface area contributed by atoms with Gasteiger partial charge in [0.15, 0.2) is 0 Å². The molecular formula is C19H23N3O2. The van der Waals surface area contributed by atoms with Crippen LogP contribution in [0.3, 0.4) is 0 Å². The molecule has 1 atom stereocenters. The van der Waals surface area contributed by atoms with Crippen LogP contribution >= 0.6 is 0 Å². The van der Waals surface area contributed by atoms with Crippen molar-refractivity contribution in [1.82, 2.24) is 10.3 Å². The molecule has 0 spiro atoms. The number of benzene rings is 1. The van der Waals surface area contributed by atoms with E-state index in [-0.39, 0.29) is 12.0 Å².